The number of H-pyrrole nitrogens is 1. The van der Waals surface area contributed by atoms with E-state index in [1.54, 1.807) is 6.20 Å². The minimum atomic E-state index is -0.0861. The van der Waals surface area contributed by atoms with Crippen molar-refractivity contribution in [2.75, 3.05) is 25.9 Å². The maximum Gasteiger partial charge on any atom is 0.255 e. The molecule has 0 bridgehead atoms. The second-order valence-electron chi connectivity index (χ2n) is 4.13. The van der Waals surface area contributed by atoms with Crippen molar-refractivity contribution in [2.45, 2.75) is 18.8 Å². The van der Waals surface area contributed by atoms with E-state index in [4.69, 9.17) is 5.73 Å². The van der Waals surface area contributed by atoms with Crippen LogP contribution in [0, 0.1) is 0 Å². The number of rotatable bonds is 1. The van der Waals surface area contributed by atoms with Crippen LogP contribution in [0.2, 0.25) is 0 Å². The first kappa shape index (κ1) is 10.2. The van der Waals surface area contributed by atoms with Crippen LogP contribution in [-0.4, -0.2) is 35.0 Å². The molecule has 0 unspecified atom stereocenters. The smallest absolute Gasteiger partial charge is 0.255 e. The second-order valence-corrected chi connectivity index (χ2v) is 4.13. The molecule has 82 valence electrons. The highest BCUT2D eigenvalue weighted by Crippen LogP contribution is 2.24. The number of likely N-dealkylation sites (tertiary alicyclic amines) is 1. The first-order valence-corrected chi connectivity index (χ1v) is 5.20. The van der Waals surface area contributed by atoms with Crippen LogP contribution in [0.4, 0.5) is 5.95 Å². The molecule has 1 aromatic heterocycles. The fraction of sp³-hybridized carbons (Fsp3) is 0.600. The van der Waals surface area contributed by atoms with Crippen LogP contribution < -0.4 is 11.3 Å². The van der Waals surface area contributed by atoms with E-state index in [0.717, 1.165) is 31.5 Å². The van der Waals surface area contributed by atoms with Gasteiger partial charge < -0.3 is 10.6 Å². The van der Waals surface area contributed by atoms with Crippen molar-refractivity contribution in [3.8, 4) is 0 Å². The maximum absolute atomic E-state index is 11.6. The largest absolute Gasteiger partial charge is 0.369 e. The van der Waals surface area contributed by atoms with Gasteiger partial charge in [-0.15, -0.1) is 0 Å². The van der Waals surface area contributed by atoms with Gasteiger partial charge in [-0.1, -0.05) is 0 Å². The standard InChI is InChI=1S/C10H16N4O/c1-14-4-2-7(3-5-14)8-6-12-10(11)13-9(8)15/h6-7H,2-5H2,1H3,(H3,11,12,13,15). The molecule has 1 fully saturated rings. The van der Waals surface area contributed by atoms with Crippen LogP contribution in [0.25, 0.3) is 0 Å². The lowest BCUT2D eigenvalue weighted by molar-refractivity contribution is 0.254. The average molecular weight is 208 g/mol. The van der Waals surface area contributed by atoms with Crippen LogP contribution in [-0.2, 0) is 0 Å². The van der Waals surface area contributed by atoms with Gasteiger partial charge in [0.15, 0.2) is 5.95 Å². The summed E-state index contributed by atoms with van der Waals surface area (Å²) < 4.78 is 0. The van der Waals surface area contributed by atoms with Gasteiger partial charge in [0.25, 0.3) is 5.56 Å². The lowest BCUT2D eigenvalue weighted by atomic mass is 9.91. The van der Waals surface area contributed by atoms with Crippen molar-refractivity contribution in [3.63, 3.8) is 0 Å². The molecule has 2 rings (SSSR count). The normalized spacial score (nSPS) is 19.3. The third kappa shape index (κ3) is 2.18. The molecule has 1 aliphatic heterocycles. The zero-order valence-electron chi connectivity index (χ0n) is 8.86. The van der Waals surface area contributed by atoms with E-state index in [1.807, 2.05) is 0 Å². The molecule has 5 heteroatoms. The van der Waals surface area contributed by atoms with Gasteiger partial charge in [0.05, 0.1) is 0 Å². The number of hydrogen-bond acceptors (Lipinski definition) is 4. The molecule has 0 spiro atoms. The zero-order valence-corrected chi connectivity index (χ0v) is 8.86. The monoisotopic (exact) mass is 208 g/mol. The molecule has 3 N–H and O–H groups in total. The second kappa shape index (κ2) is 4.02. The van der Waals surface area contributed by atoms with Gasteiger partial charge in [-0.2, -0.15) is 0 Å². The van der Waals surface area contributed by atoms with E-state index in [-0.39, 0.29) is 11.5 Å². The first-order valence-electron chi connectivity index (χ1n) is 5.20. The molecular formula is C10H16N4O. The third-order valence-electron chi connectivity index (χ3n) is 3.00. The Balaban J connectivity index is 2.19. The first-order chi connectivity index (χ1) is 7.16. The maximum atomic E-state index is 11.6. The van der Waals surface area contributed by atoms with Crippen LogP contribution >= 0.6 is 0 Å². The Hall–Kier alpha value is -1.36. The molecule has 15 heavy (non-hydrogen) atoms. The Labute approximate surface area is 88.3 Å². The van der Waals surface area contributed by atoms with Crippen molar-refractivity contribution < 1.29 is 0 Å². The number of nitrogen functional groups attached to an aromatic ring is 1. The summed E-state index contributed by atoms with van der Waals surface area (Å²) in [5, 5.41) is 0. The van der Waals surface area contributed by atoms with Crippen LogP contribution in [0.5, 0.6) is 0 Å². The van der Waals surface area contributed by atoms with E-state index in [1.165, 1.54) is 0 Å². The van der Waals surface area contributed by atoms with Gasteiger partial charge >= 0.3 is 0 Å². The van der Waals surface area contributed by atoms with Crippen LogP contribution in [0.15, 0.2) is 11.0 Å². The number of nitrogens with two attached hydrogens (primary N) is 1. The number of piperidine rings is 1. The summed E-state index contributed by atoms with van der Waals surface area (Å²) >= 11 is 0. The van der Waals surface area contributed by atoms with Crippen molar-refractivity contribution in [1.82, 2.24) is 14.9 Å². The minimum Gasteiger partial charge on any atom is -0.369 e. The number of nitrogens with zero attached hydrogens (tertiary/aromatic N) is 2. The number of aromatic nitrogens is 2. The molecule has 0 amide bonds. The highest BCUT2D eigenvalue weighted by Gasteiger charge is 2.20. The Kier molecular flexibility index (Phi) is 2.73. The van der Waals surface area contributed by atoms with Crippen molar-refractivity contribution in [3.05, 3.63) is 22.1 Å². The summed E-state index contributed by atoms with van der Waals surface area (Å²) in [6.45, 7) is 2.07. The summed E-state index contributed by atoms with van der Waals surface area (Å²) in [7, 11) is 2.10. The van der Waals surface area contributed by atoms with Crippen molar-refractivity contribution in [2.24, 2.45) is 0 Å². The number of hydrogen-bond donors (Lipinski definition) is 2. The minimum absolute atomic E-state index is 0.0861. The average Bonchev–Trinajstić information content (AvgIpc) is 2.20. The van der Waals surface area contributed by atoms with E-state index >= 15 is 0 Å². The lowest BCUT2D eigenvalue weighted by Crippen LogP contribution is -2.31. The highest BCUT2D eigenvalue weighted by atomic mass is 16.1. The molecular weight excluding hydrogens is 192 g/mol. The van der Waals surface area contributed by atoms with E-state index < -0.39 is 0 Å². The summed E-state index contributed by atoms with van der Waals surface area (Å²) in [6, 6.07) is 0. The number of anilines is 1. The molecule has 0 saturated carbocycles. The molecule has 0 aromatic carbocycles. The van der Waals surface area contributed by atoms with E-state index in [9.17, 15) is 4.79 Å². The Morgan fingerprint density at radius 2 is 2.20 bits per heavy atom. The van der Waals surface area contributed by atoms with Gasteiger partial charge in [-0.3, -0.25) is 9.78 Å². The fourth-order valence-corrected chi connectivity index (χ4v) is 2.03. The predicted molar refractivity (Wildman–Crippen MR) is 58.7 cm³/mol. The van der Waals surface area contributed by atoms with Gasteiger partial charge in [0.2, 0.25) is 0 Å². The van der Waals surface area contributed by atoms with E-state index in [2.05, 4.69) is 21.9 Å². The summed E-state index contributed by atoms with van der Waals surface area (Å²) in [6.07, 6.45) is 3.65. The summed E-state index contributed by atoms with van der Waals surface area (Å²) in [5.41, 5.74) is 6.09. The topological polar surface area (TPSA) is 75.0 Å². The van der Waals surface area contributed by atoms with Gasteiger partial charge in [0.1, 0.15) is 0 Å². The molecule has 1 aromatic rings. The molecule has 0 aliphatic carbocycles. The van der Waals surface area contributed by atoms with Gasteiger partial charge in [0, 0.05) is 11.8 Å². The third-order valence-corrected chi connectivity index (χ3v) is 3.00. The fourth-order valence-electron chi connectivity index (χ4n) is 2.03. The molecule has 1 aliphatic rings. The van der Waals surface area contributed by atoms with Crippen LogP contribution in [0.3, 0.4) is 0 Å². The zero-order chi connectivity index (χ0) is 10.8. The van der Waals surface area contributed by atoms with Crippen molar-refractivity contribution >= 4 is 5.95 Å². The quantitative estimate of drug-likeness (QED) is 0.689. The van der Waals surface area contributed by atoms with Crippen molar-refractivity contribution in [1.29, 1.82) is 0 Å². The molecule has 5 nitrogen and oxygen atoms in total. The predicted octanol–water partition coefficient (Wildman–Crippen LogP) is 0.161. The van der Waals surface area contributed by atoms with Crippen LogP contribution in [0.1, 0.15) is 24.3 Å². The molecule has 0 atom stereocenters. The number of aromatic amines is 1. The Morgan fingerprint density at radius 1 is 1.53 bits per heavy atom. The summed E-state index contributed by atoms with van der Waals surface area (Å²) in [4.78, 5) is 20.4. The Morgan fingerprint density at radius 3 is 2.80 bits per heavy atom. The molecule has 0 radical (unpaired) electrons. The van der Waals surface area contributed by atoms with E-state index in [0.29, 0.717) is 5.92 Å². The summed E-state index contributed by atoms with van der Waals surface area (Å²) in [5.74, 6) is 0.523. The highest BCUT2D eigenvalue weighted by molar-refractivity contribution is 5.20. The SMILES string of the molecule is CN1CCC(c2cnc(N)[nH]c2=O)CC1. The molecule has 1 saturated heterocycles. The van der Waals surface area contributed by atoms with Gasteiger partial charge in [-0.25, -0.2) is 4.98 Å². The Bertz CT molecular complexity index is 393. The molecule has 2 heterocycles. The van der Waals surface area contributed by atoms with Gasteiger partial charge in [-0.05, 0) is 38.9 Å². The number of nitrogens with one attached hydrogen (secondary N) is 1. The lowest BCUT2D eigenvalue weighted by Gasteiger charge is -2.28.